The van der Waals surface area contributed by atoms with Gasteiger partial charge in [-0.1, -0.05) is 46.3 Å². The lowest BCUT2D eigenvalue weighted by atomic mass is 10.00. The largest absolute Gasteiger partial charge is 0.414 e. The van der Waals surface area contributed by atoms with Crippen LogP contribution >= 0.6 is 0 Å². The topological polar surface area (TPSA) is 54.0 Å². The molecule has 1 fully saturated rings. The van der Waals surface area contributed by atoms with Crippen molar-refractivity contribution in [1.29, 1.82) is 0 Å². The third kappa shape index (κ3) is 11.2. The number of nitrogens with zero attached hydrogens (tertiary/aromatic N) is 2. The Balaban J connectivity index is 0.000000322. The van der Waals surface area contributed by atoms with Gasteiger partial charge < -0.3 is 24.6 Å². The summed E-state index contributed by atoms with van der Waals surface area (Å²) in [6.45, 7) is 10.8. The van der Waals surface area contributed by atoms with Gasteiger partial charge in [-0.3, -0.25) is 4.79 Å². The van der Waals surface area contributed by atoms with Gasteiger partial charge in [0.1, 0.15) is 0 Å². The molecule has 3 unspecified atom stereocenters. The third-order valence-electron chi connectivity index (χ3n) is 6.45. The van der Waals surface area contributed by atoms with E-state index in [2.05, 4.69) is 31.3 Å². The van der Waals surface area contributed by atoms with Crippen LogP contribution in [0.25, 0.3) is 0 Å². The highest BCUT2D eigenvalue weighted by molar-refractivity contribution is 5.48. The number of halogens is 3. The number of likely N-dealkylation sites (N-methyl/N-ethyl adjacent to an activating group) is 1. The predicted molar refractivity (Wildman–Crippen MR) is 143 cm³/mol. The molecule has 0 aromatic rings. The highest BCUT2D eigenvalue weighted by Crippen LogP contribution is 2.34. The predicted octanol–water partition coefficient (Wildman–Crippen LogP) is 5.47. The number of hydrogen-bond donors (Lipinski definition) is 1. The van der Waals surface area contributed by atoms with Crippen LogP contribution in [0.4, 0.5) is 13.2 Å². The molecule has 4 aliphatic rings. The molecular weight excluding hydrogens is 483 g/mol. The summed E-state index contributed by atoms with van der Waals surface area (Å²) >= 11 is 0. The van der Waals surface area contributed by atoms with Crippen molar-refractivity contribution in [1.82, 2.24) is 15.1 Å². The van der Waals surface area contributed by atoms with E-state index >= 15 is 0 Å². The molecule has 0 radical (unpaired) electrons. The summed E-state index contributed by atoms with van der Waals surface area (Å²) in [5, 5.41) is 3.63. The van der Waals surface area contributed by atoms with E-state index in [0.717, 1.165) is 31.7 Å². The number of hydrogen-bond acceptors (Lipinski definition) is 5. The zero-order valence-electron chi connectivity index (χ0n) is 23.6. The maximum Gasteiger partial charge on any atom is 0.414 e. The van der Waals surface area contributed by atoms with Crippen molar-refractivity contribution in [3.8, 4) is 0 Å². The quantitative estimate of drug-likeness (QED) is 0.385. The Bertz CT molecular complexity index is 753. The van der Waals surface area contributed by atoms with Crippen molar-refractivity contribution >= 4 is 6.41 Å². The summed E-state index contributed by atoms with van der Waals surface area (Å²) in [4.78, 5) is 14.0. The first-order valence-electron chi connectivity index (χ1n) is 13.7. The first-order chi connectivity index (χ1) is 17.7. The maximum absolute atomic E-state index is 12.7. The molecule has 1 N–H and O–H groups in total. The van der Waals surface area contributed by atoms with Gasteiger partial charge in [-0.05, 0) is 37.3 Å². The average molecular weight is 532 g/mol. The first-order valence-corrected chi connectivity index (χ1v) is 13.7. The van der Waals surface area contributed by atoms with E-state index in [1.54, 1.807) is 24.0 Å². The molecular formula is C28H48F3N3O3. The molecule has 0 aromatic carbocycles. The van der Waals surface area contributed by atoms with Crippen LogP contribution in [0.15, 0.2) is 35.1 Å². The van der Waals surface area contributed by atoms with Gasteiger partial charge in [0.2, 0.25) is 6.41 Å². The van der Waals surface area contributed by atoms with Gasteiger partial charge in [-0.2, -0.15) is 13.2 Å². The lowest BCUT2D eigenvalue weighted by molar-refractivity contribution is -0.118. The minimum atomic E-state index is -4.27. The number of carbonyl (C=O) groups is 1. The van der Waals surface area contributed by atoms with Crippen LogP contribution in [-0.2, 0) is 14.3 Å². The Morgan fingerprint density at radius 2 is 1.86 bits per heavy atom. The maximum atomic E-state index is 12.7. The first kappa shape index (κ1) is 33.2. The van der Waals surface area contributed by atoms with Gasteiger partial charge in [0.05, 0.1) is 18.3 Å². The van der Waals surface area contributed by atoms with Crippen LogP contribution in [0, 0.1) is 0 Å². The van der Waals surface area contributed by atoms with E-state index in [9.17, 15) is 18.0 Å². The number of methoxy groups -OCH3 is 1. The van der Waals surface area contributed by atoms with Crippen molar-refractivity contribution < 1.29 is 27.4 Å². The molecule has 1 saturated heterocycles. The van der Waals surface area contributed by atoms with Crippen LogP contribution in [0.2, 0.25) is 0 Å². The number of allylic oxidation sites excluding steroid dienone is 2. The van der Waals surface area contributed by atoms with Gasteiger partial charge in [0, 0.05) is 64.6 Å². The van der Waals surface area contributed by atoms with Crippen LogP contribution < -0.4 is 5.32 Å². The Kier molecular flexibility index (Phi) is 15.8. The van der Waals surface area contributed by atoms with E-state index in [0.29, 0.717) is 43.6 Å². The van der Waals surface area contributed by atoms with Crippen molar-refractivity contribution in [2.45, 2.75) is 90.6 Å². The molecule has 3 atom stereocenters. The Morgan fingerprint density at radius 3 is 2.43 bits per heavy atom. The number of amides is 1. The van der Waals surface area contributed by atoms with Gasteiger partial charge >= 0.3 is 6.18 Å². The van der Waals surface area contributed by atoms with E-state index in [1.165, 1.54) is 25.3 Å². The Hall–Kier alpha value is -1.84. The summed E-state index contributed by atoms with van der Waals surface area (Å²) in [5.74, 6) is 0. The second kappa shape index (κ2) is 17.6. The molecule has 0 saturated carbocycles. The SMILES string of the molecule is CC.CCC.CN1CC(C(F)(F)F)=CC2=C1CCN(C=O)CC2.COC1COCCC1NC1C=CCC1. The molecule has 9 heteroatoms. The van der Waals surface area contributed by atoms with Crippen molar-refractivity contribution in [3.05, 3.63) is 35.1 Å². The molecule has 0 bridgehead atoms. The van der Waals surface area contributed by atoms with Gasteiger partial charge in [0.25, 0.3) is 0 Å². The minimum Gasteiger partial charge on any atom is -0.379 e. The van der Waals surface area contributed by atoms with Crippen LogP contribution in [0.1, 0.15) is 66.2 Å². The molecule has 1 amide bonds. The summed E-state index contributed by atoms with van der Waals surface area (Å²) < 4.78 is 49.0. The molecule has 3 aliphatic heterocycles. The second-order valence-corrected chi connectivity index (χ2v) is 9.37. The summed E-state index contributed by atoms with van der Waals surface area (Å²) in [6, 6.07) is 1.01. The van der Waals surface area contributed by atoms with Gasteiger partial charge in [0.15, 0.2) is 0 Å². The van der Waals surface area contributed by atoms with Crippen molar-refractivity contribution in [2.24, 2.45) is 0 Å². The molecule has 0 spiro atoms. The summed E-state index contributed by atoms with van der Waals surface area (Å²) in [7, 11) is 3.43. The fourth-order valence-corrected chi connectivity index (χ4v) is 4.59. The monoisotopic (exact) mass is 531 g/mol. The number of nitrogens with one attached hydrogen (secondary N) is 1. The van der Waals surface area contributed by atoms with Crippen molar-refractivity contribution in [2.75, 3.05) is 47.0 Å². The molecule has 3 heterocycles. The average Bonchev–Trinajstić information content (AvgIpc) is 3.30. The van der Waals surface area contributed by atoms with E-state index in [4.69, 9.17) is 9.47 Å². The smallest absolute Gasteiger partial charge is 0.379 e. The standard InChI is InChI=1S/C12H15F3N2O.C11H19NO2.C3H8.C2H6/c1-16-7-10(12(13,14)15)6-9-2-4-17(8-18)5-3-11(9)16;1-13-11-8-14-7-6-10(11)12-9-4-2-3-5-9;1-3-2;1-2/h6,8H,2-5,7H2,1H3;2,4,9-12H,3,5-8H2,1H3;3H2,1-2H3;1-2H3. The van der Waals surface area contributed by atoms with Gasteiger partial charge in [-0.25, -0.2) is 0 Å². The fraction of sp³-hybridized carbons (Fsp3) is 0.750. The molecule has 37 heavy (non-hydrogen) atoms. The molecule has 0 aromatic heterocycles. The second-order valence-electron chi connectivity index (χ2n) is 9.37. The molecule has 4 rings (SSSR count). The van der Waals surface area contributed by atoms with Crippen LogP contribution in [-0.4, -0.2) is 87.6 Å². The number of rotatable bonds is 4. The molecule has 1 aliphatic carbocycles. The highest BCUT2D eigenvalue weighted by Gasteiger charge is 2.37. The van der Waals surface area contributed by atoms with Crippen LogP contribution in [0.5, 0.6) is 0 Å². The summed E-state index contributed by atoms with van der Waals surface area (Å²) in [6.07, 6.45) is 8.32. The number of ether oxygens (including phenoxy) is 2. The minimum absolute atomic E-state index is 0.108. The van der Waals surface area contributed by atoms with E-state index in [1.807, 2.05) is 13.8 Å². The Morgan fingerprint density at radius 1 is 1.19 bits per heavy atom. The van der Waals surface area contributed by atoms with Gasteiger partial charge in [-0.15, -0.1) is 0 Å². The normalized spacial score (nSPS) is 25.3. The number of alkyl halides is 3. The Labute approximate surface area is 221 Å². The van der Waals surface area contributed by atoms with Crippen LogP contribution in [0.3, 0.4) is 0 Å². The molecule has 214 valence electrons. The third-order valence-corrected chi connectivity index (χ3v) is 6.45. The van der Waals surface area contributed by atoms with E-state index in [-0.39, 0.29) is 12.6 Å². The zero-order valence-corrected chi connectivity index (χ0v) is 23.6. The lowest BCUT2D eigenvalue weighted by Crippen LogP contribution is -2.50. The fourth-order valence-electron chi connectivity index (χ4n) is 4.59. The number of carbonyl (C=O) groups excluding carboxylic acids is 1. The zero-order chi connectivity index (χ0) is 27.8. The highest BCUT2D eigenvalue weighted by atomic mass is 19.4. The van der Waals surface area contributed by atoms with Crippen molar-refractivity contribution in [3.63, 3.8) is 0 Å². The van der Waals surface area contributed by atoms with E-state index < -0.39 is 11.7 Å². The molecule has 6 nitrogen and oxygen atoms in total. The lowest BCUT2D eigenvalue weighted by Gasteiger charge is -2.32. The summed E-state index contributed by atoms with van der Waals surface area (Å²) in [5.41, 5.74) is 1.12.